The minimum Gasteiger partial charge on any atom is -0.464 e. The van der Waals surface area contributed by atoms with Gasteiger partial charge in [0.25, 0.3) is 0 Å². The standard InChI is InChI=1S/C12H7Br3N2O3/c1-20-12(19)10-9(18)2-3-17(16-10)11-7(14)4-6(13)5-8(11)15/h2-5H,1H3. The molecule has 0 saturated heterocycles. The van der Waals surface area contributed by atoms with Gasteiger partial charge in [0.05, 0.1) is 12.8 Å². The number of carbonyl (C=O) groups is 1. The maximum atomic E-state index is 11.6. The van der Waals surface area contributed by atoms with E-state index in [0.29, 0.717) is 5.69 Å². The molecule has 0 radical (unpaired) electrons. The van der Waals surface area contributed by atoms with Gasteiger partial charge in [0.1, 0.15) is 0 Å². The number of benzene rings is 1. The van der Waals surface area contributed by atoms with Crippen molar-refractivity contribution in [2.75, 3.05) is 7.11 Å². The number of carbonyl (C=O) groups excluding carboxylic acids is 1. The zero-order valence-corrected chi connectivity index (χ0v) is 14.8. The van der Waals surface area contributed by atoms with Crippen LogP contribution in [0.25, 0.3) is 5.69 Å². The monoisotopic (exact) mass is 464 g/mol. The Balaban J connectivity index is 2.66. The van der Waals surface area contributed by atoms with Gasteiger partial charge in [0, 0.05) is 25.7 Å². The van der Waals surface area contributed by atoms with E-state index in [-0.39, 0.29) is 5.69 Å². The van der Waals surface area contributed by atoms with Gasteiger partial charge in [-0.25, -0.2) is 9.48 Å². The average molecular weight is 467 g/mol. The molecule has 0 bridgehead atoms. The minimum absolute atomic E-state index is 0.267. The second-order valence-corrected chi connectivity index (χ2v) is 6.31. The second kappa shape index (κ2) is 6.19. The predicted molar refractivity (Wildman–Crippen MR) is 84.3 cm³/mol. The summed E-state index contributed by atoms with van der Waals surface area (Å²) in [6.07, 6.45) is 1.48. The maximum Gasteiger partial charge on any atom is 0.362 e. The Morgan fingerprint density at radius 1 is 1.25 bits per heavy atom. The van der Waals surface area contributed by atoms with Crippen LogP contribution in [0.1, 0.15) is 10.5 Å². The number of aromatic nitrogens is 2. The molecule has 0 aliphatic rings. The van der Waals surface area contributed by atoms with Crippen molar-refractivity contribution >= 4 is 53.8 Å². The van der Waals surface area contributed by atoms with Crippen LogP contribution in [-0.4, -0.2) is 22.9 Å². The van der Waals surface area contributed by atoms with E-state index in [1.807, 2.05) is 12.1 Å². The van der Waals surface area contributed by atoms with Crippen LogP contribution >= 0.6 is 47.8 Å². The van der Waals surface area contributed by atoms with Crippen LogP contribution in [0.15, 0.2) is 42.6 Å². The molecule has 1 aromatic carbocycles. The summed E-state index contributed by atoms with van der Waals surface area (Å²) in [5, 5.41) is 4.02. The fourth-order valence-electron chi connectivity index (χ4n) is 1.52. The highest BCUT2D eigenvalue weighted by atomic mass is 79.9. The van der Waals surface area contributed by atoms with Crippen LogP contribution in [0.3, 0.4) is 0 Å². The summed E-state index contributed by atoms with van der Waals surface area (Å²) in [7, 11) is 1.20. The molecule has 5 nitrogen and oxygen atoms in total. The van der Waals surface area contributed by atoms with Gasteiger partial charge in [-0.1, -0.05) is 15.9 Å². The lowest BCUT2D eigenvalue weighted by Crippen LogP contribution is -2.21. The molecule has 8 heteroatoms. The first kappa shape index (κ1) is 15.4. The van der Waals surface area contributed by atoms with E-state index in [1.54, 1.807) is 0 Å². The Hall–Kier alpha value is -0.990. The Bertz CT molecular complexity index is 720. The van der Waals surface area contributed by atoms with Crippen LogP contribution in [0, 0.1) is 0 Å². The van der Waals surface area contributed by atoms with Crippen LogP contribution in [0.2, 0.25) is 0 Å². The molecule has 0 spiro atoms. The average Bonchev–Trinajstić information content (AvgIpc) is 2.38. The summed E-state index contributed by atoms with van der Waals surface area (Å²) in [5.74, 6) is -0.770. The zero-order valence-electron chi connectivity index (χ0n) is 10.1. The van der Waals surface area contributed by atoms with Crippen LogP contribution < -0.4 is 5.43 Å². The number of nitrogens with zero attached hydrogens (tertiary/aromatic N) is 2. The van der Waals surface area contributed by atoms with Gasteiger partial charge in [0.15, 0.2) is 0 Å². The van der Waals surface area contributed by atoms with Crippen molar-refractivity contribution in [1.82, 2.24) is 9.78 Å². The van der Waals surface area contributed by atoms with Gasteiger partial charge in [-0.3, -0.25) is 4.79 Å². The smallest absolute Gasteiger partial charge is 0.362 e. The normalized spacial score (nSPS) is 10.4. The molecular weight excluding hydrogens is 460 g/mol. The van der Waals surface area contributed by atoms with E-state index in [2.05, 4.69) is 57.6 Å². The fourth-order valence-corrected chi connectivity index (χ4v) is 4.15. The van der Waals surface area contributed by atoms with E-state index in [0.717, 1.165) is 13.4 Å². The summed E-state index contributed by atoms with van der Waals surface area (Å²) < 4.78 is 8.32. The molecule has 0 atom stereocenters. The van der Waals surface area contributed by atoms with Crippen LogP contribution in [0.5, 0.6) is 0 Å². The summed E-state index contributed by atoms with van der Waals surface area (Å²) >= 11 is 10.2. The Morgan fingerprint density at radius 3 is 2.40 bits per heavy atom. The third kappa shape index (κ3) is 3.02. The zero-order chi connectivity index (χ0) is 14.9. The van der Waals surface area contributed by atoms with Gasteiger partial charge in [-0.15, -0.1) is 0 Å². The molecule has 2 rings (SSSR count). The molecule has 0 amide bonds. The van der Waals surface area contributed by atoms with Crippen molar-refractivity contribution in [3.63, 3.8) is 0 Å². The number of rotatable bonds is 2. The summed E-state index contributed by atoms with van der Waals surface area (Å²) in [5.41, 5.74) is -0.0903. The molecule has 0 N–H and O–H groups in total. The highest BCUT2D eigenvalue weighted by Crippen LogP contribution is 2.32. The number of halogens is 3. The minimum atomic E-state index is -0.770. The molecule has 20 heavy (non-hydrogen) atoms. The van der Waals surface area contributed by atoms with E-state index in [1.165, 1.54) is 24.1 Å². The summed E-state index contributed by atoms with van der Waals surface area (Å²) in [4.78, 5) is 23.1. The Kier molecular flexibility index (Phi) is 4.77. The molecule has 0 fully saturated rings. The molecular formula is C12H7Br3N2O3. The summed E-state index contributed by atoms with van der Waals surface area (Å²) in [6, 6.07) is 4.93. The molecule has 0 aliphatic heterocycles. The highest BCUT2D eigenvalue weighted by molar-refractivity contribution is 9.11. The molecule has 0 aliphatic carbocycles. The lowest BCUT2D eigenvalue weighted by molar-refractivity contribution is 0.0590. The largest absolute Gasteiger partial charge is 0.464 e. The third-order valence-corrected chi connectivity index (χ3v) is 4.06. The number of hydrogen-bond donors (Lipinski definition) is 0. The molecule has 1 aromatic heterocycles. The Morgan fingerprint density at radius 2 is 1.85 bits per heavy atom. The van der Waals surface area contributed by atoms with Gasteiger partial charge in [0.2, 0.25) is 11.1 Å². The molecule has 0 saturated carbocycles. The van der Waals surface area contributed by atoms with Crippen molar-refractivity contribution in [2.45, 2.75) is 0 Å². The van der Waals surface area contributed by atoms with E-state index >= 15 is 0 Å². The lowest BCUT2D eigenvalue weighted by atomic mass is 10.3. The second-order valence-electron chi connectivity index (χ2n) is 3.68. The molecule has 2 aromatic rings. The van der Waals surface area contributed by atoms with Crippen molar-refractivity contribution in [3.05, 3.63) is 53.7 Å². The Labute approximate surface area is 139 Å². The number of ether oxygens (including phenoxy) is 1. The number of esters is 1. The highest BCUT2D eigenvalue weighted by Gasteiger charge is 2.16. The summed E-state index contributed by atoms with van der Waals surface area (Å²) in [6.45, 7) is 0. The molecule has 104 valence electrons. The van der Waals surface area contributed by atoms with Crippen molar-refractivity contribution < 1.29 is 9.53 Å². The van der Waals surface area contributed by atoms with Gasteiger partial charge in [-0.05, 0) is 44.0 Å². The van der Waals surface area contributed by atoms with Gasteiger partial charge in [-0.2, -0.15) is 5.10 Å². The van der Waals surface area contributed by atoms with Gasteiger partial charge < -0.3 is 4.74 Å². The lowest BCUT2D eigenvalue weighted by Gasteiger charge is -2.11. The van der Waals surface area contributed by atoms with Crippen molar-refractivity contribution in [2.24, 2.45) is 0 Å². The van der Waals surface area contributed by atoms with Crippen molar-refractivity contribution in [1.29, 1.82) is 0 Å². The van der Waals surface area contributed by atoms with E-state index < -0.39 is 11.4 Å². The SMILES string of the molecule is COC(=O)c1nn(-c2c(Br)cc(Br)cc2Br)ccc1=O. The molecule has 0 unspecified atom stereocenters. The topological polar surface area (TPSA) is 61.2 Å². The van der Waals surface area contributed by atoms with Crippen LogP contribution in [0.4, 0.5) is 0 Å². The third-order valence-electron chi connectivity index (χ3n) is 2.40. The maximum absolute atomic E-state index is 11.6. The predicted octanol–water partition coefficient (Wildman–Crippen LogP) is 3.31. The first-order valence-corrected chi connectivity index (χ1v) is 7.65. The number of hydrogen-bond acceptors (Lipinski definition) is 4. The van der Waals surface area contributed by atoms with Crippen molar-refractivity contribution in [3.8, 4) is 5.69 Å². The molecule has 1 heterocycles. The fraction of sp³-hybridized carbons (Fsp3) is 0.0833. The first-order chi connectivity index (χ1) is 9.43. The van der Waals surface area contributed by atoms with Gasteiger partial charge >= 0.3 is 5.97 Å². The van der Waals surface area contributed by atoms with Crippen LogP contribution in [-0.2, 0) is 4.74 Å². The quantitative estimate of drug-likeness (QED) is 0.637. The number of methoxy groups -OCH3 is 1. The first-order valence-electron chi connectivity index (χ1n) is 5.27. The van der Waals surface area contributed by atoms with E-state index in [4.69, 9.17) is 0 Å². The van der Waals surface area contributed by atoms with E-state index in [9.17, 15) is 9.59 Å².